The summed E-state index contributed by atoms with van der Waals surface area (Å²) < 4.78 is 33.5. The maximum absolute atomic E-state index is 12.7. The molecule has 0 fully saturated rings. The first kappa shape index (κ1) is 50.0. The summed E-state index contributed by atoms with van der Waals surface area (Å²) in [5, 5.41) is 0. The van der Waals surface area contributed by atoms with Crippen molar-refractivity contribution in [3.05, 3.63) is 108 Å². The number of ether oxygens (including phenoxy) is 6. The number of carbonyl (C=O) groups excluding carboxylic acids is 4. The lowest BCUT2D eigenvalue weighted by atomic mass is 10.1. The lowest BCUT2D eigenvalue weighted by Gasteiger charge is -2.09. The maximum atomic E-state index is 12.7. The van der Waals surface area contributed by atoms with Crippen LogP contribution in [-0.2, 0) is 9.59 Å². The van der Waals surface area contributed by atoms with Gasteiger partial charge >= 0.3 is 23.9 Å². The first-order chi connectivity index (χ1) is 30.8. The van der Waals surface area contributed by atoms with E-state index in [9.17, 15) is 19.2 Å². The fourth-order valence-electron chi connectivity index (χ4n) is 6.79. The number of rotatable bonds is 32. The lowest BCUT2D eigenvalue weighted by Crippen LogP contribution is -2.10. The molecule has 0 saturated carbocycles. The predicted molar refractivity (Wildman–Crippen MR) is 246 cm³/mol. The van der Waals surface area contributed by atoms with Crippen molar-refractivity contribution in [3.63, 3.8) is 0 Å². The molecule has 4 aromatic rings. The van der Waals surface area contributed by atoms with Crippen molar-refractivity contribution in [2.45, 2.75) is 149 Å². The van der Waals surface area contributed by atoms with Gasteiger partial charge in [0.15, 0.2) is 0 Å². The van der Waals surface area contributed by atoms with E-state index in [1.54, 1.807) is 97.1 Å². The van der Waals surface area contributed by atoms with Gasteiger partial charge in [0.2, 0.25) is 0 Å². The Kier molecular flexibility index (Phi) is 24.1. The molecule has 0 aromatic heterocycles. The van der Waals surface area contributed by atoms with Crippen molar-refractivity contribution < 1.29 is 47.6 Å². The molecule has 63 heavy (non-hydrogen) atoms. The van der Waals surface area contributed by atoms with E-state index < -0.39 is 23.9 Å². The van der Waals surface area contributed by atoms with Gasteiger partial charge in [-0.2, -0.15) is 0 Å². The summed E-state index contributed by atoms with van der Waals surface area (Å²) in [6.07, 6.45) is 21.9. The van der Waals surface area contributed by atoms with E-state index in [4.69, 9.17) is 28.4 Å². The van der Waals surface area contributed by atoms with E-state index in [0.29, 0.717) is 66.6 Å². The maximum Gasteiger partial charge on any atom is 0.343 e. The first-order valence-electron chi connectivity index (χ1n) is 23.3. The SMILES string of the molecule is CCCCCCCCCCOc1ccc(C(=O)Oc2ccc(OC(=O)CCCCCC(=O)Oc3ccc(OC(=O)c4ccc(OCCCCCCCCCC)cc4)cc3)cc2)cc1. The highest BCUT2D eigenvalue weighted by atomic mass is 16.5. The third-order valence-electron chi connectivity index (χ3n) is 10.5. The van der Waals surface area contributed by atoms with Gasteiger partial charge in [0, 0.05) is 12.8 Å². The van der Waals surface area contributed by atoms with E-state index in [2.05, 4.69) is 13.8 Å². The molecule has 0 atom stereocenters. The number of hydrogen-bond acceptors (Lipinski definition) is 10. The van der Waals surface area contributed by atoms with Crippen LogP contribution in [-0.4, -0.2) is 37.1 Å². The molecule has 0 aliphatic heterocycles. The van der Waals surface area contributed by atoms with Crippen LogP contribution in [0.15, 0.2) is 97.1 Å². The minimum Gasteiger partial charge on any atom is -0.494 e. The van der Waals surface area contributed by atoms with Crippen molar-refractivity contribution in [2.75, 3.05) is 13.2 Å². The molecule has 10 heteroatoms. The van der Waals surface area contributed by atoms with Crippen molar-refractivity contribution in [1.29, 1.82) is 0 Å². The summed E-state index contributed by atoms with van der Waals surface area (Å²) in [4.78, 5) is 50.2. The molecular weight excluding hydrogens is 797 g/mol. The third kappa shape index (κ3) is 21.3. The minimum atomic E-state index is -0.498. The molecule has 4 aromatic carbocycles. The molecule has 0 aliphatic rings. The molecule has 0 radical (unpaired) electrons. The van der Waals surface area contributed by atoms with Gasteiger partial charge in [-0.3, -0.25) is 9.59 Å². The average molecular weight is 865 g/mol. The van der Waals surface area contributed by atoms with Crippen LogP contribution in [0.2, 0.25) is 0 Å². The molecule has 0 heterocycles. The molecule has 0 saturated heterocycles. The van der Waals surface area contributed by atoms with Crippen molar-refractivity contribution in [1.82, 2.24) is 0 Å². The van der Waals surface area contributed by atoms with Crippen molar-refractivity contribution >= 4 is 23.9 Å². The predicted octanol–water partition coefficient (Wildman–Crippen LogP) is 13.6. The summed E-state index contributed by atoms with van der Waals surface area (Å²) in [5.74, 6) is 0.974. The summed E-state index contributed by atoms with van der Waals surface area (Å²) in [6, 6.07) is 26.4. The Balaban J connectivity index is 1.02. The molecule has 0 amide bonds. The van der Waals surface area contributed by atoms with E-state index >= 15 is 0 Å². The molecule has 0 spiro atoms. The van der Waals surface area contributed by atoms with Gasteiger partial charge in [0.1, 0.15) is 34.5 Å². The molecule has 340 valence electrons. The van der Waals surface area contributed by atoms with Crippen LogP contribution in [0.5, 0.6) is 34.5 Å². The van der Waals surface area contributed by atoms with Crippen molar-refractivity contribution in [2.24, 2.45) is 0 Å². The summed E-state index contributed by atoms with van der Waals surface area (Å²) >= 11 is 0. The fraction of sp³-hybridized carbons (Fsp3) is 0.472. The average Bonchev–Trinajstić information content (AvgIpc) is 3.29. The Bertz CT molecular complexity index is 1750. The lowest BCUT2D eigenvalue weighted by molar-refractivity contribution is -0.134. The first-order valence-corrected chi connectivity index (χ1v) is 23.3. The highest BCUT2D eigenvalue weighted by Gasteiger charge is 2.13. The minimum absolute atomic E-state index is 0.183. The normalized spacial score (nSPS) is 10.8. The van der Waals surface area contributed by atoms with E-state index in [1.165, 1.54) is 77.0 Å². The van der Waals surface area contributed by atoms with Crippen LogP contribution in [0.25, 0.3) is 0 Å². The Morgan fingerprint density at radius 1 is 0.317 bits per heavy atom. The van der Waals surface area contributed by atoms with E-state index in [-0.39, 0.29) is 12.8 Å². The number of carbonyl (C=O) groups is 4. The smallest absolute Gasteiger partial charge is 0.343 e. The molecule has 10 nitrogen and oxygen atoms in total. The van der Waals surface area contributed by atoms with Crippen molar-refractivity contribution in [3.8, 4) is 34.5 Å². The number of hydrogen-bond donors (Lipinski definition) is 0. The summed E-state index contributed by atoms with van der Waals surface area (Å²) in [6.45, 7) is 5.77. The van der Waals surface area contributed by atoms with Crippen LogP contribution < -0.4 is 28.4 Å². The van der Waals surface area contributed by atoms with Gasteiger partial charge in [0.25, 0.3) is 0 Å². The second-order valence-corrected chi connectivity index (χ2v) is 15.9. The summed E-state index contributed by atoms with van der Waals surface area (Å²) in [7, 11) is 0. The van der Waals surface area contributed by atoms with Gasteiger partial charge in [-0.15, -0.1) is 0 Å². The zero-order chi connectivity index (χ0) is 44.7. The van der Waals surface area contributed by atoms with Gasteiger partial charge < -0.3 is 28.4 Å². The molecule has 4 rings (SSSR count). The van der Waals surface area contributed by atoms with E-state index in [1.807, 2.05) is 0 Å². The van der Waals surface area contributed by atoms with Crippen LogP contribution in [0.1, 0.15) is 169 Å². The quantitative estimate of drug-likeness (QED) is 0.0266. The molecule has 0 aliphatic carbocycles. The number of benzene rings is 4. The molecule has 0 unspecified atom stereocenters. The Morgan fingerprint density at radius 3 is 0.921 bits per heavy atom. The molecule has 0 N–H and O–H groups in total. The zero-order valence-corrected chi connectivity index (χ0v) is 37.6. The zero-order valence-electron chi connectivity index (χ0n) is 37.6. The second kappa shape index (κ2) is 30.4. The Labute approximate surface area is 375 Å². The number of unbranched alkanes of at least 4 members (excludes halogenated alkanes) is 16. The van der Waals surface area contributed by atoms with Crippen LogP contribution in [0.4, 0.5) is 0 Å². The standard InChI is InChI=1S/C53H68O10/c1-3-5-7-9-11-13-15-20-40-58-44-28-24-42(25-29-44)52(56)62-48-36-32-46(33-37-48)60-50(54)22-18-17-19-23-51(55)61-47-34-38-49(39-35-47)63-53(57)43-26-30-45(31-27-43)59-41-21-16-14-12-10-8-6-4-2/h24-39H,3-23,40-41H2,1-2H3. The Morgan fingerprint density at radius 2 is 0.587 bits per heavy atom. The second-order valence-electron chi connectivity index (χ2n) is 15.9. The van der Waals surface area contributed by atoms with Gasteiger partial charge in [-0.1, -0.05) is 110 Å². The Hall–Kier alpha value is -5.64. The van der Waals surface area contributed by atoms with Gasteiger partial charge in [-0.05, 0) is 123 Å². The fourth-order valence-corrected chi connectivity index (χ4v) is 6.79. The van der Waals surface area contributed by atoms with Gasteiger partial charge in [-0.25, -0.2) is 9.59 Å². The monoisotopic (exact) mass is 864 g/mol. The van der Waals surface area contributed by atoms with Crippen LogP contribution in [0, 0.1) is 0 Å². The highest BCUT2D eigenvalue weighted by molar-refractivity contribution is 5.91. The van der Waals surface area contributed by atoms with E-state index in [0.717, 1.165) is 37.2 Å². The van der Waals surface area contributed by atoms with Crippen LogP contribution in [0.3, 0.4) is 0 Å². The van der Waals surface area contributed by atoms with Gasteiger partial charge in [0.05, 0.1) is 24.3 Å². The highest BCUT2D eigenvalue weighted by Crippen LogP contribution is 2.23. The molecule has 0 bridgehead atoms. The third-order valence-corrected chi connectivity index (χ3v) is 10.5. The number of esters is 4. The summed E-state index contributed by atoms with van der Waals surface area (Å²) in [5.41, 5.74) is 0.806. The van der Waals surface area contributed by atoms with Crippen LogP contribution >= 0.6 is 0 Å². The largest absolute Gasteiger partial charge is 0.494 e. The topological polar surface area (TPSA) is 124 Å². The molecular formula is C53H68O10.